The van der Waals surface area contributed by atoms with Crippen molar-refractivity contribution in [2.45, 2.75) is 25.3 Å². The van der Waals surface area contributed by atoms with Crippen molar-refractivity contribution in [3.63, 3.8) is 0 Å². The average molecular weight is 287 g/mol. The van der Waals surface area contributed by atoms with E-state index in [1.807, 2.05) is 0 Å². The van der Waals surface area contributed by atoms with Gasteiger partial charge in [0.05, 0.1) is 17.7 Å². The summed E-state index contributed by atoms with van der Waals surface area (Å²) >= 11 is 0. The van der Waals surface area contributed by atoms with Gasteiger partial charge in [-0.2, -0.15) is 0 Å². The summed E-state index contributed by atoms with van der Waals surface area (Å²) in [5, 5.41) is 14.3. The van der Waals surface area contributed by atoms with Gasteiger partial charge in [0.1, 0.15) is 0 Å². The molecule has 0 saturated carbocycles. The second-order valence-corrected chi connectivity index (χ2v) is 4.71. The molecule has 0 radical (unpaired) electrons. The summed E-state index contributed by atoms with van der Waals surface area (Å²) < 4.78 is 0. The number of nitrogens with one attached hydrogen (secondary N) is 2. The molecular formula is C15H17N3O3. The highest BCUT2D eigenvalue weighted by atomic mass is 16.2. The smallest absolute Gasteiger partial charge is 0.252 e. The quantitative estimate of drug-likeness (QED) is 0.673. The zero-order chi connectivity index (χ0) is 15.1. The molecule has 1 aliphatic heterocycles. The Balaban J connectivity index is 2.05. The average Bonchev–Trinajstić information content (AvgIpc) is 2.50. The van der Waals surface area contributed by atoms with Crippen LogP contribution in [0.5, 0.6) is 0 Å². The first-order valence-corrected chi connectivity index (χ1v) is 6.82. The molecule has 1 aromatic rings. The molecule has 1 unspecified atom stereocenters. The Morgan fingerprint density at radius 3 is 3.14 bits per heavy atom. The standard InChI is InChI=1S/C15H17N3O3/c19-8-2-1-3-11-9-16-7-6-13(11)15(21)18-12-4-5-14(20)17-10-12/h6-7,9,12,19H,2,4-5,8,10H2,(H,17,20)(H,18,21). The van der Waals surface area contributed by atoms with Crippen molar-refractivity contribution in [1.29, 1.82) is 0 Å². The Hall–Kier alpha value is -2.39. The number of aliphatic hydroxyl groups excluding tert-OH is 1. The van der Waals surface area contributed by atoms with Gasteiger partial charge in [-0.3, -0.25) is 14.6 Å². The van der Waals surface area contributed by atoms with Gasteiger partial charge in [-0.05, 0) is 12.5 Å². The van der Waals surface area contributed by atoms with Crippen LogP contribution < -0.4 is 10.6 Å². The first-order valence-electron chi connectivity index (χ1n) is 6.82. The number of nitrogens with zero attached hydrogens (tertiary/aromatic N) is 1. The van der Waals surface area contributed by atoms with Crippen LogP contribution in [0, 0.1) is 11.8 Å². The summed E-state index contributed by atoms with van der Waals surface area (Å²) in [6.07, 6.45) is 4.47. The summed E-state index contributed by atoms with van der Waals surface area (Å²) in [5.74, 6) is 5.40. The van der Waals surface area contributed by atoms with Crippen LogP contribution in [0.15, 0.2) is 18.5 Å². The van der Waals surface area contributed by atoms with Crippen molar-refractivity contribution in [3.05, 3.63) is 29.6 Å². The van der Waals surface area contributed by atoms with Crippen molar-refractivity contribution >= 4 is 11.8 Å². The number of rotatable bonds is 3. The lowest BCUT2D eigenvalue weighted by Crippen LogP contribution is -2.47. The number of amides is 2. The van der Waals surface area contributed by atoms with Gasteiger partial charge in [0.25, 0.3) is 5.91 Å². The molecular weight excluding hydrogens is 270 g/mol. The van der Waals surface area contributed by atoms with Gasteiger partial charge in [-0.1, -0.05) is 11.8 Å². The number of aliphatic hydroxyl groups is 1. The molecule has 2 amide bonds. The Labute approximate surface area is 123 Å². The number of pyridine rings is 1. The molecule has 1 fully saturated rings. The van der Waals surface area contributed by atoms with Gasteiger partial charge < -0.3 is 15.7 Å². The number of carbonyl (C=O) groups excluding carboxylic acids is 2. The van der Waals surface area contributed by atoms with Crippen LogP contribution >= 0.6 is 0 Å². The molecule has 3 N–H and O–H groups in total. The third-order valence-electron chi connectivity index (χ3n) is 3.13. The molecule has 0 aromatic carbocycles. The van der Waals surface area contributed by atoms with Crippen LogP contribution in [0.1, 0.15) is 35.2 Å². The zero-order valence-corrected chi connectivity index (χ0v) is 11.6. The van der Waals surface area contributed by atoms with Crippen LogP contribution in [0.25, 0.3) is 0 Å². The van der Waals surface area contributed by atoms with Crippen molar-refractivity contribution in [2.24, 2.45) is 0 Å². The lowest BCUT2D eigenvalue weighted by molar-refractivity contribution is -0.122. The van der Waals surface area contributed by atoms with Crippen LogP contribution in [-0.2, 0) is 4.79 Å². The van der Waals surface area contributed by atoms with Gasteiger partial charge in [0.15, 0.2) is 0 Å². The molecule has 0 aliphatic carbocycles. The molecule has 1 aliphatic rings. The van der Waals surface area contributed by atoms with E-state index in [1.165, 1.54) is 12.4 Å². The van der Waals surface area contributed by atoms with E-state index in [9.17, 15) is 9.59 Å². The van der Waals surface area contributed by atoms with E-state index >= 15 is 0 Å². The third-order valence-corrected chi connectivity index (χ3v) is 3.13. The Kier molecular flexibility index (Phi) is 5.29. The summed E-state index contributed by atoms with van der Waals surface area (Å²) in [5.41, 5.74) is 0.982. The number of piperidine rings is 1. The maximum absolute atomic E-state index is 12.3. The van der Waals surface area contributed by atoms with Crippen molar-refractivity contribution in [2.75, 3.05) is 13.2 Å². The van der Waals surface area contributed by atoms with Crippen molar-refractivity contribution in [1.82, 2.24) is 15.6 Å². The van der Waals surface area contributed by atoms with E-state index in [0.29, 0.717) is 36.9 Å². The maximum atomic E-state index is 12.3. The van der Waals surface area contributed by atoms with E-state index < -0.39 is 0 Å². The first-order chi connectivity index (χ1) is 10.2. The van der Waals surface area contributed by atoms with Crippen molar-refractivity contribution < 1.29 is 14.7 Å². The van der Waals surface area contributed by atoms with E-state index in [-0.39, 0.29) is 24.5 Å². The first kappa shape index (κ1) is 15.0. The highest BCUT2D eigenvalue weighted by Crippen LogP contribution is 2.08. The van der Waals surface area contributed by atoms with Gasteiger partial charge in [0, 0.05) is 37.8 Å². The fourth-order valence-electron chi connectivity index (χ4n) is 2.02. The fraction of sp³-hybridized carbons (Fsp3) is 0.400. The Morgan fingerprint density at radius 2 is 2.43 bits per heavy atom. The molecule has 1 atom stereocenters. The van der Waals surface area contributed by atoms with Gasteiger partial charge in [0.2, 0.25) is 5.91 Å². The molecule has 21 heavy (non-hydrogen) atoms. The highest BCUT2D eigenvalue weighted by molar-refractivity contribution is 5.96. The number of hydrogen-bond donors (Lipinski definition) is 3. The normalized spacial score (nSPS) is 17.4. The van der Waals surface area contributed by atoms with Crippen LogP contribution in [0.3, 0.4) is 0 Å². The van der Waals surface area contributed by atoms with E-state index in [1.54, 1.807) is 6.07 Å². The van der Waals surface area contributed by atoms with E-state index in [4.69, 9.17) is 5.11 Å². The lowest BCUT2D eigenvalue weighted by atomic mass is 10.1. The highest BCUT2D eigenvalue weighted by Gasteiger charge is 2.21. The van der Waals surface area contributed by atoms with Crippen LogP contribution in [0.4, 0.5) is 0 Å². The molecule has 0 spiro atoms. The molecule has 2 heterocycles. The largest absolute Gasteiger partial charge is 0.395 e. The second kappa shape index (κ2) is 7.41. The zero-order valence-electron chi connectivity index (χ0n) is 11.6. The van der Waals surface area contributed by atoms with E-state index in [0.717, 1.165) is 0 Å². The lowest BCUT2D eigenvalue weighted by Gasteiger charge is -2.23. The van der Waals surface area contributed by atoms with Crippen molar-refractivity contribution in [3.8, 4) is 11.8 Å². The summed E-state index contributed by atoms with van der Waals surface area (Å²) in [7, 11) is 0. The fourth-order valence-corrected chi connectivity index (χ4v) is 2.02. The maximum Gasteiger partial charge on any atom is 0.252 e. The number of hydrogen-bond acceptors (Lipinski definition) is 4. The molecule has 110 valence electrons. The van der Waals surface area contributed by atoms with Gasteiger partial charge in [-0.15, -0.1) is 0 Å². The minimum atomic E-state index is -0.230. The number of aromatic nitrogens is 1. The number of carbonyl (C=O) groups is 2. The summed E-state index contributed by atoms with van der Waals surface area (Å²) in [6, 6.07) is 1.54. The minimum Gasteiger partial charge on any atom is -0.395 e. The van der Waals surface area contributed by atoms with Crippen LogP contribution in [-0.4, -0.2) is 41.1 Å². The van der Waals surface area contributed by atoms with Crippen LogP contribution in [0.2, 0.25) is 0 Å². The van der Waals surface area contributed by atoms with Gasteiger partial charge >= 0.3 is 0 Å². The monoisotopic (exact) mass is 287 g/mol. The van der Waals surface area contributed by atoms with E-state index in [2.05, 4.69) is 27.5 Å². The summed E-state index contributed by atoms with van der Waals surface area (Å²) in [4.78, 5) is 27.3. The third kappa shape index (κ3) is 4.29. The molecule has 0 bridgehead atoms. The second-order valence-electron chi connectivity index (χ2n) is 4.71. The molecule has 6 heteroatoms. The molecule has 2 rings (SSSR count). The Morgan fingerprint density at radius 1 is 1.57 bits per heavy atom. The minimum absolute atomic E-state index is 0.0139. The summed E-state index contributed by atoms with van der Waals surface area (Å²) in [6.45, 7) is 0.428. The predicted molar refractivity (Wildman–Crippen MR) is 76.3 cm³/mol. The Bertz CT molecular complexity index is 579. The molecule has 6 nitrogen and oxygen atoms in total. The predicted octanol–water partition coefficient (Wildman–Crippen LogP) is -0.176. The molecule has 1 saturated heterocycles. The van der Waals surface area contributed by atoms with Gasteiger partial charge in [-0.25, -0.2) is 0 Å². The SMILES string of the molecule is O=C1CCC(NC(=O)c2ccncc2C#CCCO)CN1. The topological polar surface area (TPSA) is 91.3 Å². The molecule has 1 aromatic heterocycles.